The van der Waals surface area contributed by atoms with Gasteiger partial charge in [-0.15, -0.1) is 0 Å². The highest BCUT2D eigenvalue weighted by atomic mass is 35.5. The summed E-state index contributed by atoms with van der Waals surface area (Å²) in [5, 5.41) is 3.30. The van der Waals surface area contributed by atoms with Crippen molar-refractivity contribution in [3.05, 3.63) is 76.9 Å². The van der Waals surface area contributed by atoms with E-state index in [1.807, 2.05) is 19.1 Å². The monoisotopic (exact) mass is 353 g/mol. The zero-order valence-electron chi connectivity index (χ0n) is 13.5. The van der Waals surface area contributed by atoms with Crippen molar-refractivity contribution in [2.75, 3.05) is 11.1 Å². The number of hydrogen-bond acceptors (Lipinski definition) is 4. The number of benzene rings is 2. The van der Waals surface area contributed by atoms with Crippen LogP contribution in [-0.4, -0.2) is 10.9 Å². The van der Waals surface area contributed by atoms with Gasteiger partial charge in [-0.3, -0.25) is 4.79 Å². The first-order valence-corrected chi connectivity index (χ1v) is 7.97. The number of rotatable bonds is 4. The average molecular weight is 354 g/mol. The first-order valence-electron chi connectivity index (χ1n) is 7.60. The number of nitrogens with two attached hydrogens (primary N) is 1. The Balaban J connectivity index is 1.77. The summed E-state index contributed by atoms with van der Waals surface area (Å²) in [6.45, 7) is 1.81. The highest BCUT2D eigenvalue weighted by molar-refractivity contribution is 6.32. The van der Waals surface area contributed by atoms with Gasteiger partial charge < -0.3 is 15.8 Å². The van der Waals surface area contributed by atoms with Crippen molar-refractivity contribution in [1.82, 2.24) is 4.98 Å². The molecule has 0 atom stereocenters. The average Bonchev–Trinajstić information content (AvgIpc) is 2.57. The summed E-state index contributed by atoms with van der Waals surface area (Å²) in [6, 6.07) is 17.6. The number of nitrogens with one attached hydrogen (secondary N) is 1. The van der Waals surface area contributed by atoms with Gasteiger partial charge in [-0.1, -0.05) is 29.8 Å². The summed E-state index contributed by atoms with van der Waals surface area (Å²) in [7, 11) is 0. The van der Waals surface area contributed by atoms with E-state index in [2.05, 4.69) is 10.3 Å². The smallest absolute Gasteiger partial charge is 0.259 e. The van der Waals surface area contributed by atoms with E-state index >= 15 is 0 Å². The van der Waals surface area contributed by atoms with Crippen LogP contribution >= 0.6 is 11.6 Å². The molecule has 6 heteroatoms. The maximum atomic E-state index is 12.4. The van der Waals surface area contributed by atoms with E-state index < -0.39 is 0 Å². The van der Waals surface area contributed by atoms with Crippen molar-refractivity contribution in [2.45, 2.75) is 6.92 Å². The Labute approximate surface area is 150 Å². The van der Waals surface area contributed by atoms with Crippen LogP contribution in [-0.2, 0) is 0 Å². The number of aryl methyl sites for hydroxylation is 1. The van der Waals surface area contributed by atoms with Crippen molar-refractivity contribution in [3.63, 3.8) is 0 Å². The largest absolute Gasteiger partial charge is 0.456 e. The molecular formula is C19H16ClN3O2. The zero-order chi connectivity index (χ0) is 17.8. The van der Waals surface area contributed by atoms with Gasteiger partial charge in [0.15, 0.2) is 0 Å². The summed E-state index contributed by atoms with van der Waals surface area (Å²) in [5.41, 5.74) is 7.47. The number of anilines is 2. The number of hydrogen-bond donors (Lipinski definition) is 2. The normalized spacial score (nSPS) is 10.3. The zero-order valence-corrected chi connectivity index (χ0v) is 14.2. The van der Waals surface area contributed by atoms with E-state index in [1.165, 1.54) is 0 Å². The van der Waals surface area contributed by atoms with Crippen LogP contribution in [0.1, 0.15) is 16.1 Å². The minimum Gasteiger partial charge on any atom is -0.456 e. The third-order valence-electron chi connectivity index (χ3n) is 3.46. The second kappa shape index (κ2) is 7.23. The van der Waals surface area contributed by atoms with Crippen LogP contribution in [0.2, 0.25) is 5.02 Å². The summed E-state index contributed by atoms with van der Waals surface area (Å²) in [5.74, 6) is 0.960. The molecule has 0 aliphatic heterocycles. The number of nitrogens with zero attached hydrogens (tertiary/aromatic N) is 1. The van der Waals surface area contributed by atoms with E-state index in [-0.39, 0.29) is 11.7 Å². The number of halogens is 1. The van der Waals surface area contributed by atoms with E-state index in [4.69, 9.17) is 22.1 Å². The second-order valence-corrected chi connectivity index (χ2v) is 5.81. The molecule has 0 unspecified atom stereocenters. The van der Waals surface area contributed by atoms with E-state index in [1.54, 1.807) is 48.5 Å². The molecule has 3 N–H and O–H groups in total. The van der Waals surface area contributed by atoms with Gasteiger partial charge in [-0.25, -0.2) is 4.98 Å². The molecule has 0 bridgehead atoms. The van der Waals surface area contributed by atoms with E-state index in [0.29, 0.717) is 27.8 Å². The third-order valence-corrected chi connectivity index (χ3v) is 3.78. The third kappa shape index (κ3) is 4.08. The Morgan fingerprint density at radius 1 is 1.12 bits per heavy atom. The molecule has 1 amide bonds. The molecule has 126 valence electrons. The van der Waals surface area contributed by atoms with Crippen LogP contribution in [0.25, 0.3) is 0 Å². The van der Waals surface area contributed by atoms with Crippen LogP contribution in [0.4, 0.5) is 11.5 Å². The molecule has 0 saturated heterocycles. The van der Waals surface area contributed by atoms with Crippen molar-refractivity contribution in [3.8, 4) is 11.5 Å². The van der Waals surface area contributed by atoms with Crippen LogP contribution in [0.3, 0.4) is 0 Å². The molecule has 0 aliphatic rings. The lowest BCUT2D eigenvalue weighted by atomic mass is 10.2. The van der Waals surface area contributed by atoms with Crippen LogP contribution in [0.5, 0.6) is 11.5 Å². The molecule has 1 aromatic heterocycles. The summed E-state index contributed by atoms with van der Waals surface area (Å²) >= 11 is 6.09. The quantitative estimate of drug-likeness (QED) is 0.714. The molecule has 0 fully saturated rings. The molecule has 25 heavy (non-hydrogen) atoms. The maximum absolute atomic E-state index is 12.4. The van der Waals surface area contributed by atoms with Gasteiger partial charge in [-0.2, -0.15) is 0 Å². The highest BCUT2D eigenvalue weighted by Gasteiger charge is 2.12. The predicted molar refractivity (Wildman–Crippen MR) is 99.3 cm³/mol. The Bertz CT molecular complexity index is 928. The molecule has 1 heterocycles. The number of nitrogen functional groups attached to an aromatic ring is 1. The molecule has 3 rings (SSSR count). The maximum Gasteiger partial charge on any atom is 0.259 e. The van der Waals surface area contributed by atoms with Gasteiger partial charge in [0, 0.05) is 17.4 Å². The molecule has 0 saturated carbocycles. The van der Waals surface area contributed by atoms with Gasteiger partial charge in [0.05, 0.1) is 10.6 Å². The molecule has 0 aliphatic carbocycles. The topological polar surface area (TPSA) is 77.2 Å². The molecule has 0 spiro atoms. The van der Waals surface area contributed by atoms with Gasteiger partial charge in [0.25, 0.3) is 5.91 Å². The standard InChI is InChI=1S/C19H16ClN3O2/c1-12-9-10-15(18(21)22-12)19(24)23-13-5-4-6-14(11-13)25-17-8-3-2-7-16(17)20/h2-11H,1H3,(H2,21,22)(H,23,24). The molecular weight excluding hydrogens is 338 g/mol. The van der Waals surface area contributed by atoms with Crippen LogP contribution in [0, 0.1) is 6.92 Å². The number of carbonyl (C=O) groups excluding carboxylic acids is 1. The fourth-order valence-corrected chi connectivity index (χ4v) is 2.43. The van der Waals surface area contributed by atoms with Gasteiger partial charge in [0.1, 0.15) is 17.3 Å². The lowest BCUT2D eigenvalue weighted by molar-refractivity contribution is 0.102. The lowest BCUT2D eigenvalue weighted by Crippen LogP contribution is -2.15. The highest BCUT2D eigenvalue weighted by Crippen LogP contribution is 2.30. The minimum atomic E-state index is -0.333. The van der Waals surface area contributed by atoms with Gasteiger partial charge in [-0.05, 0) is 43.3 Å². The van der Waals surface area contributed by atoms with Gasteiger partial charge in [0.2, 0.25) is 0 Å². The predicted octanol–water partition coefficient (Wildman–Crippen LogP) is 4.67. The van der Waals surface area contributed by atoms with Crippen molar-refractivity contribution < 1.29 is 9.53 Å². The Morgan fingerprint density at radius 3 is 2.68 bits per heavy atom. The summed E-state index contributed by atoms with van der Waals surface area (Å²) < 4.78 is 5.76. The number of ether oxygens (including phenoxy) is 1. The minimum absolute atomic E-state index is 0.195. The lowest BCUT2D eigenvalue weighted by Gasteiger charge is -2.10. The number of pyridine rings is 1. The molecule has 2 aromatic carbocycles. The number of para-hydroxylation sites is 1. The first kappa shape index (κ1) is 16.8. The van der Waals surface area contributed by atoms with Crippen LogP contribution in [0.15, 0.2) is 60.7 Å². The van der Waals surface area contributed by atoms with Crippen molar-refractivity contribution in [2.24, 2.45) is 0 Å². The Hall–Kier alpha value is -3.05. The van der Waals surface area contributed by atoms with E-state index in [0.717, 1.165) is 5.69 Å². The summed E-state index contributed by atoms with van der Waals surface area (Å²) in [6.07, 6.45) is 0. The number of carbonyl (C=O) groups is 1. The second-order valence-electron chi connectivity index (χ2n) is 5.40. The van der Waals surface area contributed by atoms with Crippen molar-refractivity contribution in [1.29, 1.82) is 0 Å². The summed E-state index contributed by atoms with van der Waals surface area (Å²) in [4.78, 5) is 16.5. The van der Waals surface area contributed by atoms with Gasteiger partial charge >= 0.3 is 0 Å². The van der Waals surface area contributed by atoms with Crippen LogP contribution < -0.4 is 15.8 Å². The molecule has 0 radical (unpaired) electrons. The number of aromatic nitrogens is 1. The Morgan fingerprint density at radius 2 is 1.92 bits per heavy atom. The van der Waals surface area contributed by atoms with E-state index in [9.17, 15) is 4.79 Å². The first-order chi connectivity index (χ1) is 12.0. The Kier molecular flexibility index (Phi) is 4.86. The molecule has 3 aromatic rings. The number of amides is 1. The molecule has 5 nitrogen and oxygen atoms in total. The fraction of sp³-hybridized carbons (Fsp3) is 0.0526. The SMILES string of the molecule is Cc1ccc(C(=O)Nc2cccc(Oc3ccccc3Cl)c2)c(N)n1. The fourth-order valence-electron chi connectivity index (χ4n) is 2.26. The van der Waals surface area contributed by atoms with Crippen molar-refractivity contribution >= 4 is 29.0 Å².